The Bertz CT molecular complexity index is 617. The van der Waals surface area contributed by atoms with E-state index in [1.165, 1.54) is 19.3 Å². The molecule has 0 bridgehead atoms. The van der Waals surface area contributed by atoms with Crippen molar-refractivity contribution in [2.45, 2.75) is 44.1 Å². The standard InChI is InChI=1S/C22H30NO.BrH/c1-4-18-23(2,3)19-12-11-17-22(24,20-13-7-5-8-14-20)21-15-9-6-10-16-21;/h1,5,7-8,13-14,21,24H,6,9-10,15-19H2,2-3H3;1H/q+1;/p-1. The van der Waals surface area contributed by atoms with Crippen LogP contribution in [0.25, 0.3) is 0 Å². The second kappa shape index (κ2) is 10.0. The Balaban J connectivity index is 0.00000312. The van der Waals surface area contributed by atoms with Gasteiger partial charge in [0.25, 0.3) is 0 Å². The van der Waals surface area contributed by atoms with Gasteiger partial charge in [0, 0.05) is 6.42 Å². The third-order valence-electron chi connectivity index (χ3n) is 5.06. The summed E-state index contributed by atoms with van der Waals surface area (Å²) in [7, 11) is 4.16. The highest BCUT2D eigenvalue weighted by molar-refractivity contribution is 5.26. The van der Waals surface area contributed by atoms with Crippen molar-refractivity contribution in [3.05, 3.63) is 35.9 Å². The predicted molar refractivity (Wildman–Crippen MR) is 100.0 cm³/mol. The largest absolute Gasteiger partial charge is 1.00 e. The van der Waals surface area contributed by atoms with Gasteiger partial charge in [0.15, 0.2) is 0 Å². The van der Waals surface area contributed by atoms with Crippen LogP contribution in [-0.4, -0.2) is 36.8 Å². The van der Waals surface area contributed by atoms with E-state index in [1.54, 1.807) is 0 Å². The van der Waals surface area contributed by atoms with Crippen molar-refractivity contribution in [1.82, 2.24) is 0 Å². The lowest BCUT2D eigenvalue weighted by Crippen LogP contribution is -3.00. The molecule has 1 saturated carbocycles. The molecule has 3 heteroatoms. The molecule has 0 aliphatic heterocycles. The third kappa shape index (κ3) is 6.19. The Kier molecular flexibility index (Phi) is 8.74. The molecule has 136 valence electrons. The third-order valence-corrected chi connectivity index (χ3v) is 5.06. The summed E-state index contributed by atoms with van der Waals surface area (Å²) in [5.74, 6) is 9.49. The molecule has 1 aromatic rings. The predicted octanol–water partition coefficient (Wildman–Crippen LogP) is 0.562. The number of nitrogens with zero attached hydrogens (tertiary/aromatic N) is 1. The van der Waals surface area contributed by atoms with Gasteiger partial charge < -0.3 is 26.6 Å². The first kappa shape index (κ1) is 21.8. The molecule has 0 saturated heterocycles. The number of quaternary nitrogens is 1. The minimum absolute atomic E-state index is 0. The van der Waals surface area contributed by atoms with E-state index < -0.39 is 5.60 Å². The van der Waals surface area contributed by atoms with Gasteiger partial charge in [-0.25, -0.2) is 0 Å². The molecule has 2 nitrogen and oxygen atoms in total. The summed E-state index contributed by atoms with van der Waals surface area (Å²) in [5.41, 5.74) is 0.168. The molecule has 1 unspecified atom stereocenters. The Labute approximate surface area is 164 Å². The zero-order chi connectivity index (χ0) is 17.5. The summed E-state index contributed by atoms with van der Waals surface area (Å²) in [6.07, 6.45) is 11.8. The summed E-state index contributed by atoms with van der Waals surface area (Å²) in [5, 5.41) is 11.5. The Morgan fingerprint density at radius 2 is 1.72 bits per heavy atom. The minimum atomic E-state index is -0.835. The fourth-order valence-electron chi connectivity index (χ4n) is 3.56. The van der Waals surface area contributed by atoms with Crippen LogP contribution in [0, 0.1) is 30.1 Å². The lowest BCUT2D eigenvalue weighted by Gasteiger charge is -2.38. The number of aliphatic hydroxyl groups is 1. The van der Waals surface area contributed by atoms with Crippen LogP contribution in [0.4, 0.5) is 0 Å². The summed E-state index contributed by atoms with van der Waals surface area (Å²) in [6.45, 7) is 1.37. The quantitative estimate of drug-likeness (QED) is 0.562. The van der Waals surface area contributed by atoms with E-state index in [2.05, 4.69) is 31.9 Å². The lowest BCUT2D eigenvalue weighted by molar-refractivity contribution is -0.875. The van der Waals surface area contributed by atoms with E-state index in [9.17, 15) is 5.11 Å². The Morgan fingerprint density at radius 1 is 1.08 bits per heavy atom. The molecule has 1 aliphatic rings. The maximum absolute atomic E-state index is 11.5. The van der Waals surface area contributed by atoms with E-state index in [1.807, 2.05) is 30.3 Å². The summed E-state index contributed by atoms with van der Waals surface area (Å²) >= 11 is 0. The van der Waals surface area contributed by atoms with Crippen LogP contribution in [0.5, 0.6) is 0 Å². The second-order valence-corrected chi connectivity index (χ2v) is 7.61. The number of hydrogen-bond donors (Lipinski definition) is 1. The average Bonchev–Trinajstić information content (AvgIpc) is 2.60. The number of halogens is 1. The molecule has 0 radical (unpaired) electrons. The molecular formula is C22H30BrNO. The van der Waals surface area contributed by atoms with Gasteiger partial charge >= 0.3 is 0 Å². The molecule has 1 atom stereocenters. The Morgan fingerprint density at radius 3 is 2.32 bits per heavy atom. The van der Waals surface area contributed by atoms with Gasteiger partial charge in [-0.3, -0.25) is 0 Å². The molecule has 0 heterocycles. The molecule has 0 spiro atoms. The lowest BCUT2D eigenvalue weighted by atomic mass is 9.72. The van der Waals surface area contributed by atoms with Gasteiger partial charge in [0.1, 0.15) is 18.7 Å². The van der Waals surface area contributed by atoms with Crippen molar-refractivity contribution in [2.24, 2.45) is 5.92 Å². The van der Waals surface area contributed by atoms with Crippen LogP contribution in [-0.2, 0) is 5.60 Å². The van der Waals surface area contributed by atoms with E-state index in [-0.39, 0.29) is 17.0 Å². The highest BCUT2D eigenvalue weighted by Gasteiger charge is 2.38. The van der Waals surface area contributed by atoms with Crippen molar-refractivity contribution < 1.29 is 26.6 Å². The molecule has 1 aromatic carbocycles. The summed E-state index contributed by atoms with van der Waals surface area (Å²) in [6, 6.07) is 10.1. The Hall–Kier alpha value is -1.26. The van der Waals surface area contributed by atoms with Crippen LogP contribution in [0.3, 0.4) is 0 Å². The molecule has 2 rings (SSSR count). The smallest absolute Gasteiger partial charge is 0.141 e. The van der Waals surface area contributed by atoms with Crippen LogP contribution in [0.2, 0.25) is 0 Å². The first-order chi connectivity index (χ1) is 11.5. The molecule has 25 heavy (non-hydrogen) atoms. The number of rotatable bonds is 5. The van der Waals surface area contributed by atoms with E-state index >= 15 is 0 Å². The van der Waals surface area contributed by atoms with E-state index in [0.29, 0.717) is 29.9 Å². The normalized spacial score (nSPS) is 17.4. The topological polar surface area (TPSA) is 20.2 Å². The van der Waals surface area contributed by atoms with Gasteiger partial charge in [0.05, 0.1) is 14.1 Å². The highest BCUT2D eigenvalue weighted by atomic mass is 79.9. The molecular weight excluding hydrogens is 374 g/mol. The molecule has 1 fully saturated rings. The van der Waals surface area contributed by atoms with Crippen molar-refractivity contribution in [2.75, 3.05) is 27.2 Å². The van der Waals surface area contributed by atoms with Crippen LogP contribution >= 0.6 is 0 Å². The van der Waals surface area contributed by atoms with Crippen LogP contribution in [0.1, 0.15) is 44.1 Å². The fourth-order valence-corrected chi connectivity index (χ4v) is 3.56. The minimum Gasteiger partial charge on any atom is -1.00 e. The SMILES string of the molecule is C#CC[N+](C)(C)CC#CCC(O)(c1ccccc1)C1CCCCC1.[Br-]. The first-order valence-electron chi connectivity index (χ1n) is 8.97. The van der Waals surface area contributed by atoms with Crippen LogP contribution in [0.15, 0.2) is 30.3 Å². The van der Waals surface area contributed by atoms with E-state index in [0.717, 1.165) is 18.4 Å². The molecule has 0 amide bonds. The van der Waals surface area contributed by atoms with Crippen molar-refractivity contribution in [1.29, 1.82) is 0 Å². The summed E-state index contributed by atoms with van der Waals surface area (Å²) in [4.78, 5) is 0. The molecule has 1 aliphatic carbocycles. The average molecular weight is 404 g/mol. The highest BCUT2D eigenvalue weighted by Crippen LogP contribution is 2.41. The van der Waals surface area contributed by atoms with Gasteiger partial charge in [0.2, 0.25) is 0 Å². The van der Waals surface area contributed by atoms with Gasteiger partial charge in [-0.2, -0.15) is 0 Å². The van der Waals surface area contributed by atoms with Crippen molar-refractivity contribution in [3.8, 4) is 24.2 Å². The van der Waals surface area contributed by atoms with Crippen molar-refractivity contribution >= 4 is 0 Å². The first-order valence-corrected chi connectivity index (χ1v) is 8.97. The van der Waals surface area contributed by atoms with Gasteiger partial charge in [-0.15, -0.1) is 6.42 Å². The number of terminal acetylenes is 1. The fraction of sp³-hybridized carbons (Fsp3) is 0.545. The van der Waals surface area contributed by atoms with Gasteiger partial charge in [-0.05, 0) is 36.2 Å². The summed E-state index contributed by atoms with van der Waals surface area (Å²) < 4.78 is 0.691. The van der Waals surface area contributed by atoms with Gasteiger partial charge in [-0.1, -0.05) is 55.5 Å². The number of hydrogen-bond acceptors (Lipinski definition) is 1. The zero-order valence-corrected chi connectivity index (χ0v) is 17.1. The molecule has 0 aromatic heterocycles. The van der Waals surface area contributed by atoms with E-state index in [4.69, 9.17) is 6.42 Å². The monoisotopic (exact) mass is 403 g/mol. The van der Waals surface area contributed by atoms with Crippen molar-refractivity contribution in [3.63, 3.8) is 0 Å². The second-order valence-electron chi connectivity index (χ2n) is 7.61. The van der Waals surface area contributed by atoms with Crippen LogP contribution < -0.4 is 17.0 Å². The zero-order valence-electron chi connectivity index (χ0n) is 15.5. The maximum Gasteiger partial charge on any atom is 0.141 e. The maximum atomic E-state index is 11.5. The number of benzene rings is 1. The molecule has 1 N–H and O–H groups in total.